The van der Waals surface area contributed by atoms with Crippen molar-refractivity contribution in [3.05, 3.63) is 35.9 Å². The number of hydrogen-bond donors (Lipinski definition) is 3. The van der Waals surface area contributed by atoms with Gasteiger partial charge in [-0.1, -0.05) is 0 Å². The summed E-state index contributed by atoms with van der Waals surface area (Å²) in [6.07, 6.45) is 1.46. The van der Waals surface area contributed by atoms with Crippen LogP contribution < -0.4 is 16.4 Å². The van der Waals surface area contributed by atoms with Gasteiger partial charge in [-0.25, -0.2) is 4.98 Å². The lowest BCUT2D eigenvalue weighted by Crippen LogP contribution is -2.18. The van der Waals surface area contributed by atoms with Gasteiger partial charge in [0.1, 0.15) is 18.0 Å². The van der Waals surface area contributed by atoms with Gasteiger partial charge in [-0.2, -0.15) is 14.6 Å². The van der Waals surface area contributed by atoms with E-state index in [9.17, 15) is 4.79 Å². The molecule has 3 aromatic heterocycles. The van der Waals surface area contributed by atoms with Gasteiger partial charge >= 0.3 is 0 Å². The molecule has 0 saturated heterocycles. The average Bonchev–Trinajstić information content (AvgIpc) is 3.00. The van der Waals surface area contributed by atoms with E-state index < -0.39 is 5.91 Å². The molecule has 0 fully saturated rings. The number of hydrogen-bond acceptors (Lipinski definition) is 8. The minimum atomic E-state index is -0.601. The summed E-state index contributed by atoms with van der Waals surface area (Å²) in [6, 6.07) is 5.07. The Bertz CT molecular complexity index is 827. The number of nitrogens with zero attached hydrogens (tertiary/aromatic N) is 6. The Kier molecular flexibility index (Phi) is 3.95. The van der Waals surface area contributed by atoms with Crippen LogP contribution in [0.3, 0.4) is 0 Å². The summed E-state index contributed by atoms with van der Waals surface area (Å²) in [6.45, 7) is 3.12. The summed E-state index contributed by atoms with van der Waals surface area (Å²) in [5.74, 6) is 1.32. The van der Waals surface area contributed by atoms with Gasteiger partial charge in [0.25, 0.3) is 11.7 Å². The van der Waals surface area contributed by atoms with Gasteiger partial charge in [0, 0.05) is 24.8 Å². The summed E-state index contributed by atoms with van der Waals surface area (Å²) in [7, 11) is 0. The van der Waals surface area contributed by atoms with Crippen LogP contribution in [-0.2, 0) is 0 Å². The van der Waals surface area contributed by atoms with Crippen molar-refractivity contribution in [2.45, 2.75) is 6.92 Å². The summed E-state index contributed by atoms with van der Waals surface area (Å²) in [5.41, 5.74) is 6.10. The quantitative estimate of drug-likeness (QED) is 0.534. The number of rotatable bonds is 6. The Labute approximate surface area is 131 Å². The van der Waals surface area contributed by atoms with Crippen LogP contribution in [0.1, 0.15) is 16.2 Å². The molecule has 23 heavy (non-hydrogen) atoms. The number of primary amides is 1. The average molecular weight is 313 g/mol. The molecule has 0 radical (unpaired) electrons. The molecule has 4 N–H and O–H groups in total. The van der Waals surface area contributed by atoms with Gasteiger partial charge in [-0.3, -0.25) is 4.79 Å². The topological polar surface area (TPSA) is 136 Å². The van der Waals surface area contributed by atoms with Crippen molar-refractivity contribution < 1.29 is 4.79 Å². The minimum Gasteiger partial charge on any atom is -0.368 e. The molecule has 3 rings (SSSR count). The minimum absolute atomic E-state index is 0.134. The lowest BCUT2D eigenvalue weighted by atomic mass is 10.3. The Balaban J connectivity index is 1.56. The Morgan fingerprint density at radius 1 is 1.26 bits per heavy atom. The highest BCUT2D eigenvalue weighted by molar-refractivity contribution is 5.90. The zero-order valence-corrected chi connectivity index (χ0v) is 12.4. The number of carbonyl (C=O) groups is 1. The van der Waals surface area contributed by atoms with Crippen LogP contribution in [0.25, 0.3) is 5.78 Å². The van der Waals surface area contributed by atoms with Crippen molar-refractivity contribution in [2.24, 2.45) is 5.73 Å². The number of aromatic nitrogens is 6. The molecule has 10 heteroatoms. The SMILES string of the molecule is Cc1cc(NCCNc2ccc(C(N)=O)nn2)n2ncnc2n1. The normalized spacial score (nSPS) is 10.7. The second kappa shape index (κ2) is 6.22. The highest BCUT2D eigenvalue weighted by atomic mass is 16.1. The van der Waals surface area contributed by atoms with Crippen LogP contribution in [0.15, 0.2) is 24.5 Å². The molecule has 1 amide bonds. The number of nitrogens with two attached hydrogens (primary N) is 1. The van der Waals surface area contributed by atoms with Crippen molar-refractivity contribution in [2.75, 3.05) is 23.7 Å². The standard InChI is InChI=1S/C13H15N9O/c1-8-6-11(22-13(19-8)17-7-18-22)16-5-4-15-10-3-2-9(12(14)23)20-21-10/h2-3,6-7,16H,4-5H2,1H3,(H2,14,23)(H,15,21). The number of anilines is 2. The lowest BCUT2D eigenvalue weighted by molar-refractivity contribution is 0.0994. The first-order valence-electron chi connectivity index (χ1n) is 6.92. The molecule has 0 spiro atoms. The van der Waals surface area contributed by atoms with E-state index in [2.05, 4.69) is 35.9 Å². The van der Waals surface area contributed by atoms with Gasteiger partial charge in [-0.05, 0) is 19.1 Å². The van der Waals surface area contributed by atoms with Crippen molar-refractivity contribution >= 4 is 23.3 Å². The maximum absolute atomic E-state index is 10.9. The maximum Gasteiger partial charge on any atom is 0.269 e. The van der Waals surface area contributed by atoms with Gasteiger partial charge < -0.3 is 16.4 Å². The van der Waals surface area contributed by atoms with E-state index in [0.717, 1.165) is 11.5 Å². The van der Waals surface area contributed by atoms with Crippen LogP contribution in [0.2, 0.25) is 0 Å². The number of fused-ring (bicyclic) bond motifs is 1. The second-order valence-corrected chi connectivity index (χ2v) is 4.78. The Morgan fingerprint density at radius 2 is 2.09 bits per heavy atom. The predicted molar refractivity (Wildman–Crippen MR) is 83.0 cm³/mol. The fourth-order valence-corrected chi connectivity index (χ4v) is 2.00. The predicted octanol–water partition coefficient (Wildman–Crippen LogP) is -0.154. The van der Waals surface area contributed by atoms with E-state index in [-0.39, 0.29) is 5.69 Å². The van der Waals surface area contributed by atoms with Crippen molar-refractivity contribution in [1.29, 1.82) is 0 Å². The maximum atomic E-state index is 10.9. The summed E-state index contributed by atoms with van der Waals surface area (Å²) in [4.78, 5) is 19.3. The molecule has 3 aromatic rings. The van der Waals surface area contributed by atoms with Crippen LogP contribution in [0, 0.1) is 6.92 Å². The van der Waals surface area contributed by atoms with Gasteiger partial charge in [0.2, 0.25) is 0 Å². The van der Waals surface area contributed by atoms with Crippen LogP contribution in [-0.4, -0.2) is 48.8 Å². The zero-order valence-electron chi connectivity index (χ0n) is 12.4. The van der Waals surface area contributed by atoms with Gasteiger partial charge in [0.05, 0.1) is 0 Å². The molecule has 0 atom stereocenters. The first kappa shape index (κ1) is 14.6. The fraction of sp³-hybridized carbons (Fsp3) is 0.231. The zero-order chi connectivity index (χ0) is 16.2. The molecule has 0 aliphatic heterocycles. The van der Waals surface area contributed by atoms with Crippen LogP contribution >= 0.6 is 0 Å². The molecule has 118 valence electrons. The van der Waals surface area contributed by atoms with E-state index in [1.807, 2.05) is 13.0 Å². The van der Waals surface area contributed by atoms with Crippen LogP contribution in [0.4, 0.5) is 11.6 Å². The number of amides is 1. The lowest BCUT2D eigenvalue weighted by Gasteiger charge is -2.09. The van der Waals surface area contributed by atoms with Crippen molar-refractivity contribution in [1.82, 2.24) is 29.8 Å². The number of nitrogens with one attached hydrogen (secondary N) is 2. The fourth-order valence-electron chi connectivity index (χ4n) is 2.00. The third kappa shape index (κ3) is 3.31. The Hall–Kier alpha value is -3.30. The monoisotopic (exact) mass is 313 g/mol. The van der Waals surface area contributed by atoms with E-state index >= 15 is 0 Å². The first-order chi connectivity index (χ1) is 11.1. The number of carbonyl (C=O) groups excluding carboxylic acids is 1. The smallest absolute Gasteiger partial charge is 0.269 e. The molecule has 3 heterocycles. The highest BCUT2D eigenvalue weighted by Crippen LogP contribution is 2.09. The Morgan fingerprint density at radius 3 is 2.83 bits per heavy atom. The molecule has 0 bridgehead atoms. The van der Waals surface area contributed by atoms with E-state index in [1.165, 1.54) is 12.4 Å². The van der Waals surface area contributed by atoms with E-state index in [0.29, 0.717) is 24.7 Å². The molecular weight excluding hydrogens is 298 g/mol. The van der Waals surface area contributed by atoms with Crippen LogP contribution in [0.5, 0.6) is 0 Å². The second-order valence-electron chi connectivity index (χ2n) is 4.78. The molecule has 0 aliphatic carbocycles. The highest BCUT2D eigenvalue weighted by Gasteiger charge is 2.05. The van der Waals surface area contributed by atoms with Gasteiger partial charge in [-0.15, -0.1) is 10.2 Å². The molecule has 0 saturated carbocycles. The van der Waals surface area contributed by atoms with Crippen molar-refractivity contribution in [3.63, 3.8) is 0 Å². The first-order valence-corrected chi connectivity index (χ1v) is 6.92. The number of aryl methyl sites for hydroxylation is 1. The molecular formula is C13H15N9O. The third-order valence-corrected chi connectivity index (χ3v) is 3.03. The molecule has 0 aromatic carbocycles. The summed E-state index contributed by atoms with van der Waals surface area (Å²) >= 11 is 0. The van der Waals surface area contributed by atoms with E-state index in [4.69, 9.17) is 5.73 Å². The third-order valence-electron chi connectivity index (χ3n) is 3.03. The molecule has 0 aliphatic rings. The van der Waals surface area contributed by atoms with Gasteiger partial charge in [0.15, 0.2) is 5.69 Å². The molecule has 0 unspecified atom stereocenters. The summed E-state index contributed by atoms with van der Waals surface area (Å²) < 4.78 is 1.63. The largest absolute Gasteiger partial charge is 0.368 e. The van der Waals surface area contributed by atoms with Crippen molar-refractivity contribution in [3.8, 4) is 0 Å². The molecule has 10 nitrogen and oxygen atoms in total. The summed E-state index contributed by atoms with van der Waals surface area (Å²) in [5, 5.41) is 18.1. The van der Waals surface area contributed by atoms with E-state index in [1.54, 1.807) is 10.6 Å².